The molecule has 0 radical (unpaired) electrons. The third-order valence-corrected chi connectivity index (χ3v) is 6.82. The van der Waals surface area contributed by atoms with Crippen LogP contribution in [0.3, 0.4) is 0 Å². The minimum Gasteiger partial charge on any atom is -0.322 e. The van der Waals surface area contributed by atoms with E-state index in [2.05, 4.69) is 27.3 Å². The highest BCUT2D eigenvalue weighted by Crippen LogP contribution is 2.50. The molecule has 166 valence electrons. The van der Waals surface area contributed by atoms with Crippen LogP contribution in [0.1, 0.15) is 43.9 Å². The molecule has 2 heterocycles. The Labute approximate surface area is 185 Å². The molecule has 3 aromatic rings. The van der Waals surface area contributed by atoms with Crippen LogP contribution in [0.15, 0.2) is 36.4 Å². The van der Waals surface area contributed by atoms with Crippen LogP contribution in [-0.2, 0) is 4.79 Å². The van der Waals surface area contributed by atoms with Crippen molar-refractivity contribution in [1.82, 2.24) is 15.1 Å². The Bertz CT molecular complexity index is 1180. The molecule has 5 nitrogen and oxygen atoms in total. The first-order valence-corrected chi connectivity index (χ1v) is 11.1. The lowest BCUT2D eigenvalue weighted by Crippen LogP contribution is -2.50. The van der Waals surface area contributed by atoms with Gasteiger partial charge in [0.2, 0.25) is 5.91 Å². The molecule has 1 saturated carbocycles. The van der Waals surface area contributed by atoms with Gasteiger partial charge in [-0.3, -0.25) is 14.8 Å². The molecule has 32 heavy (non-hydrogen) atoms. The third-order valence-electron chi connectivity index (χ3n) is 6.82. The van der Waals surface area contributed by atoms with Gasteiger partial charge in [-0.15, -0.1) is 0 Å². The summed E-state index contributed by atoms with van der Waals surface area (Å²) in [5, 5.41) is 10.7. The first-order chi connectivity index (χ1) is 15.5. The summed E-state index contributed by atoms with van der Waals surface area (Å²) in [6.45, 7) is 3.92. The number of amides is 1. The number of carbonyl (C=O) groups excluding carboxylic acids is 1. The van der Waals surface area contributed by atoms with Crippen LogP contribution in [0.25, 0.3) is 23.1 Å². The molecule has 2 N–H and O–H groups in total. The normalized spacial score (nSPS) is 23.7. The quantitative estimate of drug-likeness (QED) is 0.577. The second-order valence-corrected chi connectivity index (χ2v) is 8.90. The summed E-state index contributed by atoms with van der Waals surface area (Å²) in [6, 6.07) is 9.11. The molecule has 2 unspecified atom stereocenters. The monoisotopic (exact) mass is 436 g/mol. The maximum atomic E-state index is 14.8. The van der Waals surface area contributed by atoms with Crippen LogP contribution in [-0.4, -0.2) is 39.6 Å². The van der Waals surface area contributed by atoms with Gasteiger partial charge in [-0.2, -0.15) is 5.10 Å². The SMILES string of the molecule is CC1CC1(C(=O)Nc1cc2c(/C=C/c3ccc(F)cc3)n[nH]c2cc1F)N1CCCCC1. The molecule has 1 saturated heterocycles. The third kappa shape index (κ3) is 3.71. The summed E-state index contributed by atoms with van der Waals surface area (Å²) in [5.74, 6) is -0.659. The number of carbonyl (C=O) groups is 1. The van der Waals surface area contributed by atoms with Crippen LogP contribution in [0.4, 0.5) is 14.5 Å². The number of nitrogens with one attached hydrogen (secondary N) is 2. The molecule has 1 aliphatic carbocycles. The van der Waals surface area contributed by atoms with Gasteiger partial charge in [-0.25, -0.2) is 8.78 Å². The number of benzene rings is 2. The lowest BCUT2D eigenvalue weighted by molar-refractivity contribution is -0.123. The Morgan fingerprint density at radius 2 is 1.88 bits per heavy atom. The van der Waals surface area contributed by atoms with Crippen molar-refractivity contribution in [2.75, 3.05) is 18.4 Å². The number of rotatable bonds is 5. The van der Waals surface area contributed by atoms with Crippen LogP contribution < -0.4 is 5.32 Å². The molecule has 2 aliphatic rings. The number of likely N-dealkylation sites (tertiary alicyclic amines) is 1. The van der Waals surface area contributed by atoms with Crippen molar-refractivity contribution in [3.8, 4) is 0 Å². The maximum absolute atomic E-state index is 14.8. The van der Waals surface area contributed by atoms with Gasteiger partial charge in [0.15, 0.2) is 0 Å². The van der Waals surface area contributed by atoms with Crippen LogP contribution in [0, 0.1) is 17.6 Å². The van der Waals surface area contributed by atoms with Gasteiger partial charge in [-0.1, -0.05) is 31.6 Å². The van der Waals surface area contributed by atoms with E-state index in [0.29, 0.717) is 16.6 Å². The van der Waals surface area contributed by atoms with E-state index < -0.39 is 11.4 Å². The number of halogens is 2. The molecule has 2 aromatic carbocycles. The number of H-pyrrole nitrogens is 1. The van der Waals surface area contributed by atoms with Crippen LogP contribution >= 0.6 is 0 Å². The van der Waals surface area contributed by atoms with E-state index in [-0.39, 0.29) is 23.3 Å². The molecule has 7 heteroatoms. The highest BCUT2D eigenvalue weighted by molar-refractivity contribution is 6.02. The Hall–Kier alpha value is -3.06. The molecular formula is C25H26F2N4O. The number of piperidine rings is 1. The van der Waals surface area contributed by atoms with E-state index in [1.165, 1.54) is 24.6 Å². The lowest BCUT2D eigenvalue weighted by atomic mass is 10.0. The predicted molar refractivity (Wildman–Crippen MR) is 122 cm³/mol. The van der Waals surface area contributed by atoms with E-state index in [1.54, 1.807) is 24.3 Å². The number of hydrogen-bond acceptors (Lipinski definition) is 3. The number of anilines is 1. The van der Waals surface area contributed by atoms with Crippen molar-refractivity contribution in [2.24, 2.45) is 5.92 Å². The van der Waals surface area contributed by atoms with Crippen LogP contribution in [0.5, 0.6) is 0 Å². The maximum Gasteiger partial charge on any atom is 0.245 e. The summed E-state index contributed by atoms with van der Waals surface area (Å²) in [6.07, 6.45) is 7.80. The van der Waals surface area contributed by atoms with Gasteiger partial charge >= 0.3 is 0 Å². The molecular weight excluding hydrogens is 410 g/mol. The van der Waals surface area contributed by atoms with Gasteiger partial charge in [0.05, 0.1) is 16.9 Å². The molecule has 5 rings (SSSR count). The molecule has 1 aromatic heterocycles. The average Bonchev–Trinajstić information content (AvgIpc) is 3.35. The van der Waals surface area contributed by atoms with E-state index in [0.717, 1.165) is 37.9 Å². The van der Waals surface area contributed by atoms with Crippen molar-refractivity contribution in [2.45, 2.75) is 38.1 Å². The van der Waals surface area contributed by atoms with Crippen molar-refractivity contribution in [3.05, 3.63) is 59.3 Å². The molecule has 1 amide bonds. The largest absolute Gasteiger partial charge is 0.322 e. The summed E-state index contributed by atoms with van der Waals surface area (Å²) in [5.41, 5.74) is 1.62. The summed E-state index contributed by atoms with van der Waals surface area (Å²) in [7, 11) is 0. The summed E-state index contributed by atoms with van der Waals surface area (Å²) >= 11 is 0. The second-order valence-electron chi connectivity index (χ2n) is 8.90. The van der Waals surface area contributed by atoms with Gasteiger partial charge in [-0.05, 0) is 68.1 Å². The van der Waals surface area contributed by atoms with Crippen molar-refractivity contribution in [1.29, 1.82) is 0 Å². The smallest absolute Gasteiger partial charge is 0.245 e. The number of aromatic amines is 1. The summed E-state index contributed by atoms with van der Waals surface area (Å²) in [4.78, 5) is 15.5. The lowest BCUT2D eigenvalue weighted by Gasteiger charge is -2.34. The average molecular weight is 437 g/mol. The zero-order valence-electron chi connectivity index (χ0n) is 18.0. The minimum atomic E-state index is -0.524. The van der Waals surface area contributed by atoms with Gasteiger partial charge < -0.3 is 5.32 Å². The highest BCUT2D eigenvalue weighted by Gasteiger charge is 2.61. The number of hydrogen-bond donors (Lipinski definition) is 2. The second kappa shape index (κ2) is 8.13. The van der Waals surface area contributed by atoms with E-state index >= 15 is 0 Å². The zero-order chi connectivity index (χ0) is 22.3. The molecule has 0 bridgehead atoms. The molecule has 0 spiro atoms. The first kappa shape index (κ1) is 20.8. The Morgan fingerprint density at radius 3 is 2.56 bits per heavy atom. The Morgan fingerprint density at radius 1 is 1.16 bits per heavy atom. The van der Waals surface area contributed by atoms with Crippen molar-refractivity contribution < 1.29 is 13.6 Å². The Balaban J connectivity index is 1.40. The van der Waals surface area contributed by atoms with E-state index in [9.17, 15) is 13.6 Å². The van der Waals surface area contributed by atoms with E-state index in [4.69, 9.17) is 0 Å². The number of nitrogens with zero attached hydrogens (tertiary/aromatic N) is 2. The summed E-state index contributed by atoms with van der Waals surface area (Å²) < 4.78 is 27.9. The fourth-order valence-electron chi connectivity index (χ4n) is 4.86. The van der Waals surface area contributed by atoms with E-state index in [1.807, 2.05) is 6.08 Å². The molecule has 2 atom stereocenters. The first-order valence-electron chi connectivity index (χ1n) is 11.1. The predicted octanol–water partition coefficient (Wildman–Crippen LogP) is 5.21. The van der Waals surface area contributed by atoms with Crippen LogP contribution in [0.2, 0.25) is 0 Å². The fraction of sp³-hybridized carbons (Fsp3) is 0.360. The van der Waals surface area contributed by atoms with Crippen molar-refractivity contribution in [3.63, 3.8) is 0 Å². The minimum absolute atomic E-state index is 0.128. The fourth-order valence-corrected chi connectivity index (χ4v) is 4.86. The highest BCUT2D eigenvalue weighted by atomic mass is 19.1. The number of fused-ring (bicyclic) bond motifs is 1. The van der Waals surface area contributed by atoms with Crippen molar-refractivity contribution >= 4 is 34.6 Å². The molecule has 1 aliphatic heterocycles. The van der Waals surface area contributed by atoms with Gasteiger partial charge in [0.1, 0.15) is 17.2 Å². The standard InChI is InChI=1S/C25H26F2N4O/c1-16-15-25(16,31-11-3-2-4-12-31)24(32)28-23-13-19-21(29-30-22(19)14-20(23)27)10-7-17-5-8-18(26)9-6-17/h5-10,13-14,16H,2-4,11-12,15H2,1H3,(H,28,32)(H,29,30)/b10-7+. The van der Waals surface area contributed by atoms with Gasteiger partial charge in [0.25, 0.3) is 0 Å². The zero-order valence-corrected chi connectivity index (χ0v) is 18.0. The molecule has 2 fully saturated rings. The topological polar surface area (TPSA) is 61.0 Å². The van der Waals surface area contributed by atoms with Gasteiger partial charge in [0, 0.05) is 11.5 Å². The Kier molecular flexibility index (Phi) is 5.29. The number of aromatic nitrogens is 2.